The molecule has 0 amide bonds. The summed E-state index contributed by atoms with van der Waals surface area (Å²) >= 11 is 3.50. The van der Waals surface area contributed by atoms with Gasteiger partial charge >= 0.3 is 0 Å². The lowest BCUT2D eigenvalue weighted by Gasteiger charge is -2.10. The minimum atomic E-state index is 0.298. The van der Waals surface area contributed by atoms with E-state index in [9.17, 15) is 5.11 Å². The van der Waals surface area contributed by atoms with E-state index in [-0.39, 0.29) is 0 Å². The van der Waals surface area contributed by atoms with E-state index in [0.29, 0.717) is 5.75 Å². The highest BCUT2D eigenvalue weighted by atomic mass is 79.9. The van der Waals surface area contributed by atoms with Crippen LogP contribution in [0, 0.1) is 6.92 Å². The van der Waals surface area contributed by atoms with Crippen LogP contribution in [0.5, 0.6) is 11.5 Å². The van der Waals surface area contributed by atoms with Gasteiger partial charge in [-0.1, -0.05) is 12.1 Å². The van der Waals surface area contributed by atoms with Gasteiger partial charge in [0.1, 0.15) is 11.5 Å². The fourth-order valence-corrected chi connectivity index (χ4v) is 2.43. The van der Waals surface area contributed by atoms with Crippen molar-refractivity contribution in [2.24, 2.45) is 0 Å². The van der Waals surface area contributed by atoms with Crippen molar-refractivity contribution in [3.05, 3.63) is 57.6 Å². The number of benzene rings is 2. The Morgan fingerprint density at radius 3 is 2.44 bits per heavy atom. The first kappa shape index (κ1) is 13.0. The Bertz CT molecular complexity index is 547. The van der Waals surface area contributed by atoms with E-state index in [2.05, 4.69) is 28.9 Å². The second kappa shape index (κ2) is 5.44. The van der Waals surface area contributed by atoms with E-state index in [4.69, 9.17) is 4.74 Å². The number of hydrogen-bond donors (Lipinski definition) is 1. The van der Waals surface area contributed by atoms with E-state index >= 15 is 0 Å². The summed E-state index contributed by atoms with van der Waals surface area (Å²) in [5.41, 5.74) is 3.62. The fourth-order valence-electron chi connectivity index (χ4n) is 1.88. The molecule has 2 nitrogen and oxygen atoms in total. The van der Waals surface area contributed by atoms with E-state index < -0.39 is 0 Å². The highest BCUT2D eigenvalue weighted by molar-refractivity contribution is 9.10. The van der Waals surface area contributed by atoms with Crippen molar-refractivity contribution >= 4 is 15.9 Å². The van der Waals surface area contributed by atoms with Gasteiger partial charge in [-0.15, -0.1) is 0 Å². The molecule has 0 radical (unpaired) electrons. The van der Waals surface area contributed by atoms with Crippen LogP contribution in [0.2, 0.25) is 0 Å². The number of methoxy groups -OCH3 is 1. The molecule has 0 bridgehead atoms. The molecule has 2 aromatic carbocycles. The van der Waals surface area contributed by atoms with Crippen molar-refractivity contribution in [2.75, 3.05) is 7.11 Å². The lowest BCUT2D eigenvalue weighted by molar-refractivity contribution is 0.411. The molecule has 0 saturated heterocycles. The largest absolute Gasteiger partial charge is 0.508 e. The number of halogens is 1. The van der Waals surface area contributed by atoms with Crippen LogP contribution in [-0.4, -0.2) is 12.2 Å². The van der Waals surface area contributed by atoms with Crippen LogP contribution in [0.1, 0.15) is 16.7 Å². The zero-order valence-electron chi connectivity index (χ0n) is 10.4. The van der Waals surface area contributed by atoms with Crippen molar-refractivity contribution in [1.82, 2.24) is 0 Å². The number of ether oxygens (including phenoxy) is 1. The highest BCUT2D eigenvalue weighted by Crippen LogP contribution is 2.29. The molecule has 2 aromatic rings. The predicted molar refractivity (Wildman–Crippen MR) is 76.3 cm³/mol. The Morgan fingerprint density at radius 2 is 1.83 bits per heavy atom. The molecule has 2 rings (SSSR count). The number of phenolic OH excluding ortho intramolecular Hbond substituents is 1. The first-order chi connectivity index (χ1) is 8.60. The summed E-state index contributed by atoms with van der Waals surface area (Å²) in [6, 6.07) is 11.4. The Labute approximate surface area is 115 Å². The third-order valence-corrected chi connectivity index (χ3v) is 3.56. The zero-order chi connectivity index (χ0) is 13.1. The summed E-state index contributed by atoms with van der Waals surface area (Å²) in [6.45, 7) is 2.07. The topological polar surface area (TPSA) is 29.5 Å². The maximum Gasteiger partial charge on any atom is 0.133 e. The first-order valence-corrected chi connectivity index (χ1v) is 6.50. The predicted octanol–water partition coefficient (Wildman–Crippen LogP) is 4.06. The number of aromatic hydroxyl groups is 1. The van der Waals surface area contributed by atoms with Crippen LogP contribution in [0.4, 0.5) is 0 Å². The van der Waals surface area contributed by atoms with Crippen LogP contribution in [0.25, 0.3) is 0 Å². The average molecular weight is 307 g/mol. The lowest BCUT2D eigenvalue weighted by Crippen LogP contribution is -1.94. The minimum Gasteiger partial charge on any atom is -0.508 e. The molecular weight excluding hydrogens is 292 g/mol. The van der Waals surface area contributed by atoms with Crippen molar-refractivity contribution in [3.8, 4) is 11.5 Å². The summed E-state index contributed by atoms with van der Waals surface area (Å²) < 4.78 is 6.23. The molecule has 0 heterocycles. The third kappa shape index (κ3) is 2.85. The quantitative estimate of drug-likeness (QED) is 0.926. The minimum absolute atomic E-state index is 0.298. The van der Waals surface area contributed by atoms with Gasteiger partial charge in [0, 0.05) is 0 Å². The molecule has 0 fully saturated rings. The Hall–Kier alpha value is -1.48. The molecule has 1 N–H and O–H groups in total. The van der Waals surface area contributed by atoms with Gasteiger partial charge in [0.15, 0.2) is 0 Å². The molecule has 0 aromatic heterocycles. The van der Waals surface area contributed by atoms with Crippen LogP contribution in [0.3, 0.4) is 0 Å². The molecule has 18 heavy (non-hydrogen) atoms. The fraction of sp³-hybridized carbons (Fsp3) is 0.200. The molecular formula is C15H15BrO2. The molecule has 0 unspecified atom stereocenters. The van der Waals surface area contributed by atoms with Crippen LogP contribution < -0.4 is 4.74 Å². The Kier molecular flexibility index (Phi) is 3.92. The number of hydrogen-bond acceptors (Lipinski definition) is 2. The molecule has 0 aliphatic rings. The second-order valence-electron chi connectivity index (χ2n) is 4.26. The van der Waals surface area contributed by atoms with Crippen molar-refractivity contribution in [2.45, 2.75) is 13.3 Å². The maximum atomic E-state index is 9.27. The first-order valence-electron chi connectivity index (χ1n) is 5.71. The number of phenols is 1. The van der Waals surface area contributed by atoms with Crippen molar-refractivity contribution < 1.29 is 9.84 Å². The van der Waals surface area contributed by atoms with Gasteiger partial charge in [-0.05, 0) is 70.2 Å². The number of rotatable bonds is 3. The molecule has 94 valence electrons. The van der Waals surface area contributed by atoms with Gasteiger partial charge in [-0.25, -0.2) is 0 Å². The van der Waals surface area contributed by atoms with E-state index in [1.54, 1.807) is 19.2 Å². The standard InChI is InChI=1S/C15H15BrO2/c1-10-7-15(18-2)14(16)9-12(10)8-11-3-5-13(17)6-4-11/h3-7,9,17H,8H2,1-2H3. The third-order valence-electron chi connectivity index (χ3n) is 2.94. The zero-order valence-corrected chi connectivity index (χ0v) is 12.0. The smallest absolute Gasteiger partial charge is 0.133 e. The van der Waals surface area contributed by atoms with E-state index in [1.807, 2.05) is 18.2 Å². The molecule has 0 aliphatic heterocycles. The average Bonchev–Trinajstić information content (AvgIpc) is 2.36. The molecule has 0 saturated carbocycles. The van der Waals surface area contributed by atoms with Gasteiger partial charge in [0.2, 0.25) is 0 Å². The summed E-state index contributed by atoms with van der Waals surface area (Å²) in [7, 11) is 1.67. The summed E-state index contributed by atoms with van der Waals surface area (Å²) in [6.07, 6.45) is 0.842. The van der Waals surface area contributed by atoms with Crippen LogP contribution in [0.15, 0.2) is 40.9 Å². The van der Waals surface area contributed by atoms with E-state index in [1.165, 1.54) is 16.7 Å². The normalized spacial score (nSPS) is 10.4. The lowest BCUT2D eigenvalue weighted by atomic mass is 10.0. The monoisotopic (exact) mass is 306 g/mol. The molecule has 0 aliphatic carbocycles. The molecule has 0 atom stereocenters. The Morgan fingerprint density at radius 1 is 1.17 bits per heavy atom. The van der Waals surface area contributed by atoms with Gasteiger partial charge in [0.25, 0.3) is 0 Å². The summed E-state index contributed by atoms with van der Waals surface area (Å²) in [5.74, 6) is 1.15. The molecule has 3 heteroatoms. The highest BCUT2D eigenvalue weighted by Gasteiger charge is 2.06. The van der Waals surface area contributed by atoms with Crippen molar-refractivity contribution in [3.63, 3.8) is 0 Å². The maximum absolute atomic E-state index is 9.27. The van der Waals surface area contributed by atoms with Crippen LogP contribution >= 0.6 is 15.9 Å². The van der Waals surface area contributed by atoms with E-state index in [0.717, 1.165) is 16.6 Å². The van der Waals surface area contributed by atoms with Crippen LogP contribution in [-0.2, 0) is 6.42 Å². The van der Waals surface area contributed by atoms with Gasteiger partial charge in [-0.2, -0.15) is 0 Å². The SMILES string of the molecule is COc1cc(C)c(Cc2ccc(O)cc2)cc1Br. The summed E-state index contributed by atoms with van der Waals surface area (Å²) in [4.78, 5) is 0. The van der Waals surface area contributed by atoms with Gasteiger partial charge in [-0.3, -0.25) is 0 Å². The van der Waals surface area contributed by atoms with Gasteiger partial charge in [0.05, 0.1) is 11.6 Å². The Balaban J connectivity index is 2.29. The van der Waals surface area contributed by atoms with Crippen molar-refractivity contribution in [1.29, 1.82) is 0 Å². The van der Waals surface area contributed by atoms with Gasteiger partial charge < -0.3 is 9.84 Å². The number of aryl methyl sites for hydroxylation is 1. The summed E-state index contributed by atoms with van der Waals surface area (Å²) in [5, 5.41) is 9.27. The second-order valence-corrected chi connectivity index (χ2v) is 5.11. The molecule has 0 spiro atoms.